The van der Waals surface area contributed by atoms with E-state index in [4.69, 9.17) is 12.2 Å². The summed E-state index contributed by atoms with van der Waals surface area (Å²) in [5.74, 6) is 0.654. The SMILES string of the molecule is C=CCn1c(C)nn(CN2CCN(C(=O)Cc3ccc(F)cc3)CC2)c1=S. The van der Waals surface area contributed by atoms with Gasteiger partial charge in [0.1, 0.15) is 11.6 Å². The number of amides is 1. The Morgan fingerprint density at radius 3 is 2.56 bits per heavy atom. The number of rotatable bonds is 6. The van der Waals surface area contributed by atoms with Crippen LogP contribution in [0.2, 0.25) is 0 Å². The second-order valence-corrected chi connectivity index (χ2v) is 7.04. The largest absolute Gasteiger partial charge is 0.340 e. The van der Waals surface area contributed by atoms with Crippen molar-refractivity contribution in [1.82, 2.24) is 24.1 Å². The number of aryl methyl sites for hydroxylation is 1. The number of piperazine rings is 1. The first-order valence-corrected chi connectivity index (χ1v) is 9.38. The van der Waals surface area contributed by atoms with E-state index in [-0.39, 0.29) is 11.7 Å². The Labute approximate surface area is 163 Å². The van der Waals surface area contributed by atoms with Crippen LogP contribution in [-0.4, -0.2) is 56.2 Å². The second-order valence-electron chi connectivity index (χ2n) is 6.67. The number of carbonyl (C=O) groups excluding carboxylic acids is 1. The Bertz CT molecular complexity index is 865. The summed E-state index contributed by atoms with van der Waals surface area (Å²) in [5.41, 5.74) is 0.832. The molecule has 0 spiro atoms. The van der Waals surface area contributed by atoms with E-state index in [1.54, 1.807) is 18.2 Å². The van der Waals surface area contributed by atoms with Crippen LogP contribution in [0.5, 0.6) is 0 Å². The fourth-order valence-corrected chi connectivity index (χ4v) is 3.50. The lowest BCUT2D eigenvalue weighted by atomic mass is 10.1. The first kappa shape index (κ1) is 19.4. The number of allylic oxidation sites excluding steroid dienone is 1. The van der Waals surface area contributed by atoms with E-state index in [1.165, 1.54) is 12.1 Å². The second kappa shape index (κ2) is 8.58. The molecule has 0 aliphatic carbocycles. The summed E-state index contributed by atoms with van der Waals surface area (Å²) in [4.78, 5) is 16.6. The Morgan fingerprint density at radius 1 is 1.26 bits per heavy atom. The summed E-state index contributed by atoms with van der Waals surface area (Å²) in [5, 5.41) is 4.51. The Morgan fingerprint density at radius 2 is 1.93 bits per heavy atom. The highest BCUT2D eigenvalue weighted by Crippen LogP contribution is 2.10. The molecule has 1 fully saturated rings. The minimum atomic E-state index is -0.288. The van der Waals surface area contributed by atoms with E-state index in [1.807, 2.05) is 21.1 Å². The van der Waals surface area contributed by atoms with Gasteiger partial charge in [-0.25, -0.2) is 9.07 Å². The number of hydrogen-bond acceptors (Lipinski definition) is 4. The van der Waals surface area contributed by atoms with Gasteiger partial charge >= 0.3 is 0 Å². The predicted octanol–water partition coefficient (Wildman–Crippen LogP) is 2.39. The standard InChI is InChI=1S/C19H24FN5OS/c1-3-8-24-15(2)21-25(19(24)27)14-22-9-11-23(12-10-22)18(26)13-16-4-6-17(20)7-5-16/h3-7H,1,8-14H2,2H3. The zero-order valence-electron chi connectivity index (χ0n) is 15.5. The van der Waals surface area contributed by atoms with Crippen molar-refractivity contribution >= 4 is 18.1 Å². The van der Waals surface area contributed by atoms with Crippen LogP contribution in [0.3, 0.4) is 0 Å². The molecule has 0 unspecified atom stereocenters. The maximum Gasteiger partial charge on any atom is 0.227 e. The number of carbonyl (C=O) groups is 1. The van der Waals surface area contributed by atoms with Gasteiger partial charge in [-0.05, 0) is 36.8 Å². The first-order chi connectivity index (χ1) is 13.0. The third kappa shape index (κ3) is 4.70. The average molecular weight is 390 g/mol. The van der Waals surface area contributed by atoms with E-state index < -0.39 is 0 Å². The van der Waals surface area contributed by atoms with Gasteiger partial charge in [0.25, 0.3) is 0 Å². The molecular weight excluding hydrogens is 365 g/mol. The van der Waals surface area contributed by atoms with Crippen molar-refractivity contribution in [2.45, 2.75) is 26.6 Å². The normalized spacial score (nSPS) is 15.1. The smallest absolute Gasteiger partial charge is 0.227 e. The summed E-state index contributed by atoms with van der Waals surface area (Å²) in [6.45, 7) is 9.82. The van der Waals surface area contributed by atoms with Crippen molar-refractivity contribution in [3.63, 3.8) is 0 Å². The molecule has 6 nitrogen and oxygen atoms in total. The monoisotopic (exact) mass is 389 g/mol. The van der Waals surface area contributed by atoms with Crippen LogP contribution in [0, 0.1) is 17.5 Å². The van der Waals surface area contributed by atoms with Crippen molar-refractivity contribution in [2.75, 3.05) is 26.2 Å². The molecule has 0 atom stereocenters. The summed E-state index contributed by atoms with van der Waals surface area (Å²) in [6, 6.07) is 6.09. The van der Waals surface area contributed by atoms with Crippen molar-refractivity contribution in [1.29, 1.82) is 0 Å². The molecule has 2 aromatic rings. The average Bonchev–Trinajstić information content (AvgIpc) is 2.92. The molecule has 1 amide bonds. The molecule has 1 aromatic heterocycles. The molecule has 1 aliphatic rings. The van der Waals surface area contributed by atoms with Crippen LogP contribution < -0.4 is 0 Å². The number of hydrogen-bond donors (Lipinski definition) is 0. The van der Waals surface area contributed by atoms with Gasteiger partial charge in [0.15, 0.2) is 4.77 Å². The van der Waals surface area contributed by atoms with Crippen molar-refractivity contribution in [3.8, 4) is 0 Å². The lowest BCUT2D eigenvalue weighted by molar-refractivity contribution is -0.132. The van der Waals surface area contributed by atoms with Crippen LogP contribution in [0.1, 0.15) is 11.4 Å². The maximum atomic E-state index is 13.0. The lowest BCUT2D eigenvalue weighted by Gasteiger charge is -2.34. The highest BCUT2D eigenvalue weighted by atomic mass is 32.1. The van der Waals surface area contributed by atoms with E-state index in [0.29, 0.717) is 37.5 Å². The molecule has 0 bridgehead atoms. The molecule has 0 radical (unpaired) electrons. The van der Waals surface area contributed by atoms with Crippen LogP contribution >= 0.6 is 12.2 Å². The number of halogens is 1. The molecular formula is C19H24FN5OS. The molecule has 8 heteroatoms. The van der Waals surface area contributed by atoms with Gasteiger partial charge < -0.3 is 9.47 Å². The number of aromatic nitrogens is 3. The van der Waals surface area contributed by atoms with E-state index in [9.17, 15) is 9.18 Å². The zero-order chi connectivity index (χ0) is 19.4. The predicted molar refractivity (Wildman–Crippen MR) is 104 cm³/mol. The van der Waals surface area contributed by atoms with E-state index >= 15 is 0 Å². The molecule has 27 heavy (non-hydrogen) atoms. The van der Waals surface area contributed by atoms with Gasteiger partial charge in [-0.15, -0.1) is 6.58 Å². The van der Waals surface area contributed by atoms with Gasteiger partial charge in [0, 0.05) is 32.7 Å². The third-order valence-corrected chi connectivity index (χ3v) is 5.18. The molecule has 2 heterocycles. The fourth-order valence-electron chi connectivity index (χ4n) is 3.20. The molecule has 1 aliphatic heterocycles. The molecule has 144 valence electrons. The van der Waals surface area contributed by atoms with Gasteiger partial charge in [-0.3, -0.25) is 9.69 Å². The molecule has 0 saturated carbocycles. The summed E-state index contributed by atoms with van der Waals surface area (Å²) in [7, 11) is 0. The Hall–Kier alpha value is -2.32. The highest BCUT2D eigenvalue weighted by molar-refractivity contribution is 7.71. The fraction of sp³-hybridized carbons (Fsp3) is 0.421. The van der Waals surface area contributed by atoms with Gasteiger partial charge in [-0.1, -0.05) is 18.2 Å². The topological polar surface area (TPSA) is 46.3 Å². The van der Waals surface area contributed by atoms with E-state index in [0.717, 1.165) is 24.5 Å². The molecule has 1 saturated heterocycles. The number of nitrogens with zero attached hydrogens (tertiary/aromatic N) is 5. The van der Waals surface area contributed by atoms with Crippen LogP contribution in [0.15, 0.2) is 36.9 Å². The molecule has 1 aromatic carbocycles. The molecule has 3 rings (SSSR count). The van der Waals surface area contributed by atoms with Crippen molar-refractivity contribution < 1.29 is 9.18 Å². The van der Waals surface area contributed by atoms with Crippen molar-refractivity contribution in [2.24, 2.45) is 0 Å². The Kier molecular flexibility index (Phi) is 6.18. The molecule has 0 N–H and O–H groups in total. The summed E-state index contributed by atoms with van der Waals surface area (Å²) < 4.78 is 17.4. The van der Waals surface area contributed by atoms with Crippen molar-refractivity contribution in [3.05, 3.63) is 58.9 Å². The zero-order valence-corrected chi connectivity index (χ0v) is 16.3. The minimum absolute atomic E-state index is 0.0731. The van der Waals surface area contributed by atoms with Gasteiger partial charge in [0.2, 0.25) is 5.91 Å². The van der Waals surface area contributed by atoms with Crippen LogP contribution in [-0.2, 0) is 24.4 Å². The van der Waals surface area contributed by atoms with Gasteiger partial charge in [-0.2, -0.15) is 5.10 Å². The number of benzene rings is 1. The van der Waals surface area contributed by atoms with Gasteiger partial charge in [0.05, 0.1) is 13.1 Å². The third-order valence-electron chi connectivity index (χ3n) is 4.75. The summed E-state index contributed by atoms with van der Waals surface area (Å²) in [6.07, 6.45) is 2.11. The lowest BCUT2D eigenvalue weighted by Crippen LogP contribution is -2.49. The first-order valence-electron chi connectivity index (χ1n) is 8.97. The van der Waals surface area contributed by atoms with Crippen LogP contribution in [0.4, 0.5) is 4.39 Å². The highest BCUT2D eigenvalue weighted by Gasteiger charge is 2.22. The Balaban J connectivity index is 1.53. The minimum Gasteiger partial charge on any atom is -0.340 e. The quantitative estimate of drug-likeness (QED) is 0.562. The van der Waals surface area contributed by atoms with E-state index in [2.05, 4.69) is 16.6 Å². The van der Waals surface area contributed by atoms with Crippen LogP contribution in [0.25, 0.3) is 0 Å². The summed E-state index contributed by atoms with van der Waals surface area (Å²) >= 11 is 5.49. The maximum absolute atomic E-state index is 13.0.